The Bertz CT molecular complexity index is 593. The zero-order valence-electron chi connectivity index (χ0n) is 8.61. The van der Waals surface area contributed by atoms with Crippen molar-refractivity contribution in [3.05, 3.63) is 52.5 Å². The minimum absolute atomic E-state index is 0.308. The highest BCUT2D eigenvalue weighted by atomic mass is 79.9. The van der Waals surface area contributed by atoms with Gasteiger partial charge in [-0.3, -0.25) is 0 Å². The van der Waals surface area contributed by atoms with Crippen LogP contribution in [0.4, 0.5) is 15.8 Å². The molecule has 1 aromatic carbocycles. The third kappa shape index (κ3) is 2.80. The summed E-state index contributed by atoms with van der Waals surface area (Å²) in [6, 6.07) is 9.59. The number of nitrogens with zero attached hydrogens (tertiary/aromatic N) is 2. The third-order valence-corrected chi connectivity index (χ3v) is 2.77. The first-order chi connectivity index (χ1) is 8.19. The molecule has 1 heterocycles. The highest BCUT2D eigenvalue weighted by molar-refractivity contribution is 9.10. The second-order valence-electron chi connectivity index (χ2n) is 3.29. The van der Waals surface area contributed by atoms with E-state index < -0.39 is 0 Å². The van der Waals surface area contributed by atoms with Crippen molar-refractivity contribution in [3.63, 3.8) is 0 Å². The highest BCUT2D eigenvalue weighted by Crippen LogP contribution is 2.26. The summed E-state index contributed by atoms with van der Waals surface area (Å²) >= 11 is 3.31. The fourth-order valence-electron chi connectivity index (χ4n) is 1.32. The maximum absolute atomic E-state index is 13.1. The van der Waals surface area contributed by atoms with Crippen molar-refractivity contribution in [2.24, 2.45) is 0 Å². The molecule has 0 aliphatic rings. The lowest BCUT2D eigenvalue weighted by atomic mass is 10.2. The molecule has 0 atom stereocenters. The molecule has 1 aromatic heterocycles. The Kier molecular flexibility index (Phi) is 3.35. The quantitative estimate of drug-likeness (QED) is 0.920. The van der Waals surface area contributed by atoms with Crippen molar-refractivity contribution in [1.82, 2.24) is 4.98 Å². The van der Waals surface area contributed by atoms with Gasteiger partial charge in [-0.1, -0.05) is 0 Å². The van der Waals surface area contributed by atoms with Gasteiger partial charge >= 0.3 is 0 Å². The van der Waals surface area contributed by atoms with E-state index in [2.05, 4.69) is 26.2 Å². The van der Waals surface area contributed by atoms with E-state index in [9.17, 15) is 4.39 Å². The van der Waals surface area contributed by atoms with Crippen LogP contribution in [-0.4, -0.2) is 4.98 Å². The first-order valence-electron chi connectivity index (χ1n) is 4.77. The molecule has 0 unspecified atom stereocenters. The van der Waals surface area contributed by atoms with Crippen LogP contribution in [0.3, 0.4) is 0 Å². The third-order valence-electron chi connectivity index (χ3n) is 2.08. The maximum Gasteiger partial charge on any atom is 0.142 e. The SMILES string of the molecule is N#Cc1cc(Nc2cc(F)ccc2Br)ccn1. The Balaban J connectivity index is 2.31. The monoisotopic (exact) mass is 291 g/mol. The van der Waals surface area contributed by atoms with Crippen LogP contribution in [-0.2, 0) is 0 Å². The van der Waals surface area contributed by atoms with Gasteiger partial charge in [-0.05, 0) is 46.3 Å². The van der Waals surface area contributed by atoms with E-state index >= 15 is 0 Å². The van der Waals surface area contributed by atoms with Gasteiger partial charge in [0.15, 0.2) is 0 Å². The number of halogens is 2. The first-order valence-corrected chi connectivity index (χ1v) is 5.56. The average Bonchev–Trinajstić information content (AvgIpc) is 2.34. The summed E-state index contributed by atoms with van der Waals surface area (Å²) in [6.45, 7) is 0. The van der Waals surface area contributed by atoms with E-state index in [-0.39, 0.29) is 5.82 Å². The molecular weight excluding hydrogens is 285 g/mol. The van der Waals surface area contributed by atoms with Gasteiger partial charge < -0.3 is 5.32 Å². The van der Waals surface area contributed by atoms with Crippen LogP contribution in [0.25, 0.3) is 0 Å². The molecule has 0 fully saturated rings. The number of hydrogen-bond acceptors (Lipinski definition) is 3. The Morgan fingerprint density at radius 3 is 2.88 bits per heavy atom. The summed E-state index contributed by atoms with van der Waals surface area (Å²) in [5.74, 6) is -0.328. The molecule has 0 saturated carbocycles. The molecule has 0 amide bonds. The van der Waals surface area contributed by atoms with Crippen LogP contribution in [0.15, 0.2) is 41.0 Å². The van der Waals surface area contributed by atoms with Crippen molar-refractivity contribution < 1.29 is 4.39 Å². The Hall–Kier alpha value is -1.93. The van der Waals surface area contributed by atoms with Gasteiger partial charge in [0.2, 0.25) is 0 Å². The zero-order valence-corrected chi connectivity index (χ0v) is 10.2. The molecule has 0 aliphatic heterocycles. The molecule has 3 nitrogen and oxygen atoms in total. The molecular formula is C12H7BrFN3. The maximum atomic E-state index is 13.1. The van der Waals surface area contributed by atoms with E-state index in [1.807, 2.05) is 6.07 Å². The zero-order chi connectivity index (χ0) is 12.3. The number of anilines is 2. The lowest BCUT2D eigenvalue weighted by molar-refractivity contribution is 0.628. The number of rotatable bonds is 2. The molecule has 0 saturated heterocycles. The van der Waals surface area contributed by atoms with Crippen molar-refractivity contribution in [1.29, 1.82) is 5.26 Å². The van der Waals surface area contributed by atoms with Gasteiger partial charge in [-0.15, -0.1) is 0 Å². The fourth-order valence-corrected chi connectivity index (χ4v) is 1.66. The standard InChI is InChI=1S/C12H7BrFN3/c13-11-2-1-8(14)5-12(11)17-9-3-4-16-10(6-9)7-15/h1-6H,(H,16,17). The minimum Gasteiger partial charge on any atom is -0.354 e. The van der Waals surface area contributed by atoms with Crippen molar-refractivity contribution in [2.75, 3.05) is 5.32 Å². The van der Waals surface area contributed by atoms with E-state index in [0.717, 1.165) is 4.47 Å². The van der Waals surface area contributed by atoms with Crippen molar-refractivity contribution in [3.8, 4) is 6.07 Å². The topological polar surface area (TPSA) is 48.7 Å². The summed E-state index contributed by atoms with van der Waals surface area (Å²) in [4.78, 5) is 3.85. The van der Waals surface area contributed by atoms with Gasteiger partial charge in [0, 0.05) is 16.4 Å². The molecule has 0 spiro atoms. The fraction of sp³-hybridized carbons (Fsp3) is 0. The van der Waals surface area contributed by atoms with Gasteiger partial charge in [-0.25, -0.2) is 9.37 Å². The molecule has 2 aromatic rings. The van der Waals surface area contributed by atoms with E-state index in [1.54, 1.807) is 18.2 Å². The van der Waals surface area contributed by atoms with Crippen LogP contribution in [0.2, 0.25) is 0 Å². The molecule has 0 bridgehead atoms. The number of pyridine rings is 1. The highest BCUT2D eigenvalue weighted by Gasteiger charge is 2.03. The van der Waals surface area contributed by atoms with Gasteiger partial charge in [0.1, 0.15) is 17.6 Å². The average molecular weight is 292 g/mol. The second-order valence-corrected chi connectivity index (χ2v) is 4.15. The summed E-state index contributed by atoms with van der Waals surface area (Å²) in [5, 5.41) is 11.7. The number of aromatic nitrogens is 1. The number of hydrogen-bond donors (Lipinski definition) is 1. The Morgan fingerprint density at radius 1 is 1.29 bits per heavy atom. The minimum atomic E-state index is -0.328. The second kappa shape index (κ2) is 4.93. The lowest BCUT2D eigenvalue weighted by Crippen LogP contribution is -1.93. The molecule has 1 N–H and O–H groups in total. The number of benzene rings is 1. The molecule has 2 rings (SSSR count). The summed E-state index contributed by atoms with van der Waals surface area (Å²) < 4.78 is 13.8. The normalized spacial score (nSPS) is 9.71. The van der Waals surface area contributed by atoms with Crippen LogP contribution in [0.1, 0.15) is 5.69 Å². The Labute approximate surface area is 106 Å². The predicted molar refractivity (Wildman–Crippen MR) is 66.3 cm³/mol. The number of nitrogens with one attached hydrogen (secondary N) is 1. The van der Waals surface area contributed by atoms with E-state index in [0.29, 0.717) is 17.1 Å². The van der Waals surface area contributed by atoms with Crippen LogP contribution >= 0.6 is 15.9 Å². The first kappa shape index (κ1) is 11.6. The smallest absolute Gasteiger partial charge is 0.142 e. The summed E-state index contributed by atoms with van der Waals surface area (Å²) in [7, 11) is 0. The summed E-state index contributed by atoms with van der Waals surface area (Å²) in [6.07, 6.45) is 1.52. The van der Waals surface area contributed by atoms with Crippen molar-refractivity contribution >= 4 is 27.3 Å². The lowest BCUT2D eigenvalue weighted by Gasteiger charge is -2.08. The van der Waals surface area contributed by atoms with E-state index in [4.69, 9.17) is 5.26 Å². The molecule has 0 radical (unpaired) electrons. The van der Waals surface area contributed by atoms with Crippen LogP contribution in [0, 0.1) is 17.1 Å². The number of nitriles is 1. The Morgan fingerprint density at radius 2 is 2.12 bits per heavy atom. The predicted octanol–water partition coefficient (Wildman–Crippen LogP) is 3.60. The van der Waals surface area contributed by atoms with E-state index in [1.165, 1.54) is 18.3 Å². The van der Waals surface area contributed by atoms with Gasteiger partial charge in [-0.2, -0.15) is 5.26 Å². The largest absolute Gasteiger partial charge is 0.354 e. The van der Waals surface area contributed by atoms with Crippen LogP contribution in [0.5, 0.6) is 0 Å². The molecule has 0 aliphatic carbocycles. The summed E-state index contributed by atoms with van der Waals surface area (Å²) in [5.41, 5.74) is 1.59. The van der Waals surface area contributed by atoms with Crippen LogP contribution < -0.4 is 5.32 Å². The molecule has 17 heavy (non-hydrogen) atoms. The van der Waals surface area contributed by atoms with Gasteiger partial charge in [0.05, 0.1) is 5.69 Å². The van der Waals surface area contributed by atoms with Crippen molar-refractivity contribution in [2.45, 2.75) is 0 Å². The molecule has 5 heteroatoms. The van der Waals surface area contributed by atoms with Gasteiger partial charge in [0.25, 0.3) is 0 Å². The molecule has 84 valence electrons.